The van der Waals surface area contributed by atoms with Crippen molar-refractivity contribution in [3.05, 3.63) is 32.8 Å². The molecule has 0 spiro atoms. The van der Waals surface area contributed by atoms with Crippen LogP contribution in [0.5, 0.6) is 0 Å². The van der Waals surface area contributed by atoms with Gasteiger partial charge in [0.1, 0.15) is 6.04 Å². The first-order valence-corrected chi connectivity index (χ1v) is 8.65. The zero-order chi connectivity index (χ0) is 16.9. The maximum absolute atomic E-state index is 12.2. The summed E-state index contributed by atoms with van der Waals surface area (Å²) in [6.45, 7) is 1.86. The Hall–Kier alpha value is -1.52. The number of unbranched alkanes of at least 4 members (excludes halogenated alkanes) is 1. The average molecular weight is 395 g/mol. The average Bonchev–Trinajstić information content (AvgIpc) is 2.42. The highest BCUT2D eigenvalue weighted by Gasteiger charge is 2.26. The predicted octanol–water partition coefficient (Wildman–Crippen LogP) is 2.28. The number of carboxylic acid groups (broad SMARTS) is 1. The van der Waals surface area contributed by atoms with Crippen LogP contribution in [0, 0.1) is 10.1 Å². The quantitative estimate of drug-likeness (QED) is 0.514. The summed E-state index contributed by atoms with van der Waals surface area (Å²) in [4.78, 5) is 20.9. The van der Waals surface area contributed by atoms with Gasteiger partial charge in [-0.3, -0.25) is 14.9 Å². The molecule has 2 N–H and O–H groups in total. The van der Waals surface area contributed by atoms with Crippen LogP contribution in [0.1, 0.15) is 26.2 Å². The van der Waals surface area contributed by atoms with Crippen molar-refractivity contribution in [2.24, 2.45) is 0 Å². The number of rotatable bonds is 8. The Kier molecular flexibility index (Phi) is 6.45. The molecule has 0 aliphatic carbocycles. The van der Waals surface area contributed by atoms with E-state index < -0.39 is 27.0 Å². The molecule has 1 atom stereocenters. The van der Waals surface area contributed by atoms with Crippen molar-refractivity contribution in [2.75, 3.05) is 0 Å². The fourth-order valence-corrected chi connectivity index (χ4v) is 3.62. The number of carboxylic acids is 1. The topological polar surface area (TPSA) is 127 Å². The van der Waals surface area contributed by atoms with Gasteiger partial charge in [0.05, 0.1) is 14.3 Å². The molecule has 0 aromatic heterocycles. The third-order valence-corrected chi connectivity index (χ3v) is 4.97. The Balaban J connectivity index is 3.05. The van der Waals surface area contributed by atoms with Crippen molar-refractivity contribution in [3.8, 4) is 0 Å². The minimum absolute atomic E-state index is 0.000748. The molecule has 1 aromatic carbocycles. The third kappa shape index (κ3) is 4.75. The van der Waals surface area contributed by atoms with E-state index >= 15 is 0 Å². The van der Waals surface area contributed by atoms with Crippen molar-refractivity contribution in [2.45, 2.75) is 37.1 Å². The molecule has 0 saturated heterocycles. The third-order valence-electron chi connectivity index (χ3n) is 2.87. The molecule has 0 heterocycles. The zero-order valence-electron chi connectivity index (χ0n) is 11.7. The molecule has 1 rings (SSSR count). The maximum Gasteiger partial charge on any atom is 0.321 e. The minimum Gasteiger partial charge on any atom is -0.480 e. The second-order valence-electron chi connectivity index (χ2n) is 4.52. The molecule has 122 valence electrons. The van der Waals surface area contributed by atoms with Crippen molar-refractivity contribution in [1.82, 2.24) is 4.72 Å². The van der Waals surface area contributed by atoms with Gasteiger partial charge in [0.25, 0.3) is 5.69 Å². The number of sulfonamides is 1. The lowest BCUT2D eigenvalue weighted by atomic mass is 10.1. The van der Waals surface area contributed by atoms with Crippen LogP contribution in [-0.2, 0) is 14.8 Å². The van der Waals surface area contributed by atoms with Gasteiger partial charge in [-0.25, -0.2) is 8.42 Å². The summed E-state index contributed by atoms with van der Waals surface area (Å²) in [5.41, 5.74) is -0.278. The summed E-state index contributed by atoms with van der Waals surface area (Å²) in [7, 11) is -4.08. The van der Waals surface area contributed by atoms with Crippen LogP contribution in [0.4, 0.5) is 5.69 Å². The number of halogens is 1. The minimum atomic E-state index is -4.08. The summed E-state index contributed by atoms with van der Waals surface area (Å²) in [5, 5.41) is 19.8. The normalized spacial score (nSPS) is 12.8. The Morgan fingerprint density at radius 3 is 2.59 bits per heavy atom. The maximum atomic E-state index is 12.2. The van der Waals surface area contributed by atoms with E-state index in [2.05, 4.69) is 20.7 Å². The first-order valence-electron chi connectivity index (χ1n) is 6.38. The van der Waals surface area contributed by atoms with Gasteiger partial charge < -0.3 is 5.11 Å². The lowest BCUT2D eigenvalue weighted by Gasteiger charge is -2.14. The Morgan fingerprint density at radius 2 is 2.14 bits per heavy atom. The van der Waals surface area contributed by atoms with Gasteiger partial charge >= 0.3 is 5.97 Å². The Morgan fingerprint density at radius 1 is 1.50 bits per heavy atom. The van der Waals surface area contributed by atoms with E-state index in [-0.39, 0.29) is 21.5 Å². The Labute approximate surface area is 135 Å². The number of benzene rings is 1. The van der Waals surface area contributed by atoms with Gasteiger partial charge in [-0.05, 0) is 34.5 Å². The largest absolute Gasteiger partial charge is 0.480 e. The summed E-state index contributed by atoms with van der Waals surface area (Å²) >= 11 is 2.93. The highest BCUT2D eigenvalue weighted by Crippen LogP contribution is 2.27. The van der Waals surface area contributed by atoms with Crippen molar-refractivity contribution in [3.63, 3.8) is 0 Å². The van der Waals surface area contributed by atoms with E-state index in [1.54, 1.807) is 0 Å². The number of hydrogen-bond donors (Lipinski definition) is 2. The molecule has 0 radical (unpaired) electrons. The van der Waals surface area contributed by atoms with Crippen LogP contribution >= 0.6 is 15.9 Å². The number of nitrogens with one attached hydrogen (secondary N) is 1. The van der Waals surface area contributed by atoms with Gasteiger partial charge in [0.2, 0.25) is 10.0 Å². The predicted molar refractivity (Wildman–Crippen MR) is 82.1 cm³/mol. The zero-order valence-corrected chi connectivity index (χ0v) is 14.1. The van der Waals surface area contributed by atoms with E-state index in [0.717, 1.165) is 24.6 Å². The highest BCUT2D eigenvalue weighted by atomic mass is 79.9. The number of carbonyl (C=O) groups is 1. The second-order valence-corrected chi connectivity index (χ2v) is 7.09. The lowest BCUT2D eigenvalue weighted by Crippen LogP contribution is -2.40. The van der Waals surface area contributed by atoms with Crippen LogP contribution in [0.2, 0.25) is 0 Å². The molecule has 0 amide bonds. The van der Waals surface area contributed by atoms with Crippen molar-refractivity contribution < 1.29 is 23.2 Å². The number of nitro benzene ring substituents is 1. The molecule has 0 unspecified atom stereocenters. The van der Waals surface area contributed by atoms with Crippen LogP contribution in [0.15, 0.2) is 27.6 Å². The van der Waals surface area contributed by atoms with Gasteiger partial charge in [0.15, 0.2) is 0 Å². The van der Waals surface area contributed by atoms with Crippen LogP contribution in [0.25, 0.3) is 0 Å². The number of aliphatic carboxylic acids is 1. The smallest absolute Gasteiger partial charge is 0.321 e. The molecule has 22 heavy (non-hydrogen) atoms. The standard InChI is InChI=1S/C12H15BrN2O6S/c1-2-3-4-10(12(16)17)14-22(20,21)8-5-6-11(15(18)19)9(13)7-8/h5-7,10,14H,2-4H2,1H3,(H,16,17)/t10-/m0/s1. The van der Waals surface area contributed by atoms with E-state index in [9.17, 15) is 23.3 Å². The van der Waals surface area contributed by atoms with Crippen molar-refractivity contribution >= 4 is 37.6 Å². The summed E-state index contributed by atoms with van der Waals surface area (Å²) in [5.74, 6) is -1.27. The van der Waals surface area contributed by atoms with E-state index in [1.807, 2.05) is 6.92 Å². The molecule has 8 nitrogen and oxygen atoms in total. The monoisotopic (exact) mass is 394 g/mol. The molecule has 10 heteroatoms. The van der Waals surface area contributed by atoms with Gasteiger partial charge in [-0.1, -0.05) is 19.8 Å². The lowest BCUT2D eigenvalue weighted by molar-refractivity contribution is -0.385. The molecule has 0 saturated carbocycles. The molecule has 0 fully saturated rings. The van der Waals surface area contributed by atoms with Crippen LogP contribution in [-0.4, -0.2) is 30.5 Å². The van der Waals surface area contributed by atoms with Gasteiger partial charge in [0, 0.05) is 6.07 Å². The summed E-state index contributed by atoms with van der Waals surface area (Å²) < 4.78 is 26.5. The first-order chi connectivity index (χ1) is 10.2. The van der Waals surface area contributed by atoms with Crippen molar-refractivity contribution in [1.29, 1.82) is 0 Å². The molecule has 0 bridgehead atoms. The molecule has 0 aliphatic heterocycles. The van der Waals surface area contributed by atoms with Gasteiger partial charge in [-0.15, -0.1) is 0 Å². The highest BCUT2D eigenvalue weighted by molar-refractivity contribution is 9.10. The number of hydrogen-bond acceptors (Lipinski definition) is 5. The molecule has 0 aliphatic rings. The van der Waals surface area contributed by atoms with E-state index in [1.165, 1.54) is 0 Å². The first kappa shape index (κ1) is 18.5. The van der Waals surface area contributed by atoms with E-state index in [4.69, 9.17) is 5.11 Å². The SMILES string of the molecule is CCCC[C@H](NS(=O)(=O)c1ccc([N+](=O)[O-])c(Br)c1)C(=O)O. The summed E-state index contributed by atoms with van der Waals surface area (Å²) in [6.07, 6.45) is 1.46. The summed E-state index contributed by atoms with van der Waals surface area (Å²) in [6, 6.07) is 1.93. The molecular weight excluding hydrogens is 380 g/mol. The number of nitrogens with zero attached hydrogens (tertiary/aromatic N) is 1. The van der Waals surface area contributed by atoms with Gasteiger partial charge in [-0.2, -0.15) is 4.72 Å². The molecular formula is C12H15BrN2O6S. The van der Waals surface area contributed by atoms with E-state index in [0.29, 0.717) is 6.42 Å². The van der Waals surface area contributed by atoms with Crippen LogP contribution < -0.4 is 4.72 Å². The number of nitro groups is 1. The molecule has 1 aromatic rings. The Bertz CT molecular complexity index is 676. The second kappa shape index (κ2) is 7.65. The van der Waals surface area contributed by atoms with Crippen LogP contribution in [0.3, 0.4) is 0 Å². The fourth-order valence-electron chi connectivity index (χ4n) is 1.70. The fraction of sp³-hybridized carbons (Fsp3) is 0.417.